The number of amides is 2. The molecule has 1 saturated carbocycles. The number of piperazine rings is 1. The van der Waals surface area contributed by atoms with Gasteiger partial charge in [0.15, 0.2) is 0 Å². The lowest BCUT2D eigenvalue weighted by molar-refractivity contribution is 0.130. The maximum atomic E-state index is 12.7. The van der Waals surface area contributed by atoms with E-state index >= 15 is 0 Å². The van der Waals surface area contributed by atoms with E-state index in [1.165, 1.54) is 24.8 Å². The second kappa shape index (κ2) is 9.38. The number of carbonyl (C=O) groups is 1. The average molecular weight is 360 g/mol. The Morgan fingerprint density at radius 1 is 1.04 bits per heavy atom. The van der Waals surface area contributed by atoms with E-state index in [9.17, 15) is 4.79 Å². The predicted molar refractivity (Wildman–Crippen MR) is 104 cm³/mol. The topological polar surface area (TPSA) is 55.8 Å². The molecule has 26 heavy (non-hydrogen) atoms. The van der Waals surface area contributed by atoms with Crippen molar-refractivity contribution in [3.05, 3.63) is 35.9 Å². The zero-order valence-corrected chi connectivity index (χ0v) is 15.8. The number of rotatable bonds is 6. The fraction of sp³-hybridized carbons (Fsp3) is 0.667. The third-order valence-corrected chi connectivity index (χ3v) is 6.07. The van der Waals surface area contributed by atoms with Gasteiger partial charge in [-0.2, -0.15) is 0 Å². The summed E-state index contributed by atoms with van der Waals surface area (Å²) in [5.74, 6) is 0. The van der Waals surface area contributed by atoms with Crippen molar-refractivity contribution < 1.29 is 9.90 Å². The van der Waals surface area contributed by atoms with Gasteiger partial charge in [0, 0.05) is 51.3 Å². The molecule has 3 rings (SSSR count). The van der Waals surface area contributed by atoms with E-state index in [4.69, 9.17) is 5.11 Å². The molecular formula is C21H33N3O2. The highest BCUT2D eigenvalue weighted by Gasteiger charge is 2.34. The Bertz CT molecular complexity index is 550. The Hall–Kier alpha value is -1.59. The van der Waals surface area contributed by atoms with Crippen LogP contribution in [0.2, 0.25) is 0 Å². The minimum Gasteiger partial charge on any atom is -0.396 e. The molecule has 0 bridgehead atoms. The van der Waals surface area contributed by atoms with Crippen molar-refractivity contribution in [2.24, 2.45) is 0 Å². The molecule has 0 aromatic heterocycles. The lowest BCUT2D eigenvalue weighted by Gasteiger charge is -2.39. The van der Waals surface area contributed by atoms with Gasteiger partial charge in [-0.05, 0) is 24.8 Å². The minimum absolute atomic E-state index is 0.0766. The number of urea groups is 1. The molecule has 2 amide bonds. The Morgan fingerprint density at radius 3 is 2.38 bits per heavy atom. The van der Waals surface area contributed by atoms with E-state index in [0.717, 1.165) is 58.5 Å². The first-order chi connectivity index (χ1) is 12.7. The number of nitrogens with zero attached hydrogens (tertiary/aromatic N) is 2. The summed E-state index contributed by atoms with van der Waals surface area (Å²) < 4.78 is 0. The van der Waals surface area contributed by atoms with Gasteiger partial charge in [0.25, 0.3) is 0 Å². The Morgan fingerprint density at radius 2 is 1.73 bits per heavy atom. The van der Waals surface area contributed by atoms with Gasteiger partial charge < -0.3 is 15.3 Å². The van der Waals surface area contributed by atoms with Crippen LogP contribution < -0.4 is 5.32 Å². The minimum atomic E-state index is 0.0766. The molecule has 0 spiro atoms. The third kappa shape index (κ3) is 4.77. The predicted octanol–water partition coefficient (Wildman–Crippen LogP) is 2.60. The number of hydrogen-bond acceptors (Lipinski definition) is 3. The van der Waals surface area contributed by atoms with Crippen LogP contribution in [0.15, 0.2) is 30.3 Å². The number of aliphatic hydroxyl groups is 1. The molecule has 144 valence electrons. The van der Waals surface area contributed by atoms with Crippen LogP contribution in [-0.2, 0) is 5.41 Å². The zero-order valence-electron chi connectivity index (χ0n) is 15.8. The summed E-state index contributed by atoms with van der Waals surface area (Å²) in [6.45, 7) is 5.24. The van der Waals surface area contributed by atoms with Gasteiger partial charge >= 0.3 is 6.03 Å². The van der Waals surface area contributed by atoms with Crippen LogP contribution in [0, 0.1) is 0 Å². The van der Waals surface area contributed by atoms with Gasteiger partial charge in [0.1, 0.15) is 0 Å². The molecule has 1 heterocycles. The molecule has 1 aliphatic heterocycles. The summed E-state index contributed by atoms with van der Waals surface area (Å²) in [5.41, 5.74) is 1.46. The van der Waals surface area contributed by atoms with Crippen LogP contribution in [-0.4, -0.2) is 66.8 Å². The summed E-state index contributed by atoms with van der Waals surface area (Å²) in [6, 6.07) is 10.8. The highest BCUT2D eigenvalue weighted by atomic mass is 16.3. The Kier molecular flexibility index (Phi) is 6.92. The van der Waals surface area contributed by atoms with Gasteiger partial charge in [-0.15, -0.1) is 0 Å². The van der Waals surface area contributed by atoms with Crippen molar-refractivity contribution in [3.63, 3.8) is 0 Å². The van der Waals surface area contributed by atoms with Crippen molar-refractivity contribution >= 4 is 6.03 Å². The molecule has 2 N–H and O–H groups in total. The quantitative estimate of drug-likeness (QED) is 0.821. The average Bonchev–Trinajstić information content (AvgIpc) is 2.72. The molecule has 1 aromatic carbocycles. The lowest BCUT2D eigenvalue weighted by atomic mass is 9.69. The summed E-state index contributed by atoms with van der Waals surface area (Å²) in [6.07, 6.45) is 6.92. The van der Waals surface area contributed by atoms with Gasteiger partial charge in [0.2, 0.25) is 0 Å². The molecule has 1 saturated heterocycles. The van der Waals surface area contributed by atoms with E-state index < -0.39 is 0 Å². The first-order valence-corrected chi connectivity index (χ1v) is 10.1. The lowest BCUT2D eigenvalue weighted by Crippen LogP contribution is -2.53. The molecule has 2 fully saturated rings. The van der Waals surface area contributed by atoms with E-state index in [1.54, 1.807) is 0 Å². The first-order valence-electron chi connectivity index (χ1n) is 10.1. The Balaban J connectivity index is 1.54. The van der Waals surface area contributed by atoms with Gasteiger partial charge in [-0.25, -0.2) is 4.79 Å². The van der Waals surface area contributed by atoms with Gasteiger partial charge in [0.05, 0.1) is 0 Å². The molecule has 0 unspecified atom stereocenters. The van der Waals surface area contributed by atoms with Crippen LogP contribution in [0.25, 0.3) is 0 Å². The van der Waals surface area contributed by atoms with E-state index in [2.05, 4.69) is 40.5 Å². The monoisotopic (exact) mass is 359 g/mol. The first kappa shape index (κ1) is 19.2. The second-order valence-electron chi connectivity index (χ2n) is 7.77. The number of aliphatic hydroxyl groups excluding tert-OH is 1. The second-order valence-corrected chi connectivity index (χ2v) is 7.77. The van der Waals surface area contributed by atoms with Crippen molar-refractivity contribution in [1.29, 1.82) is 0 Å². The largest absolute Gasteiger partial charge is 0.396 e. The normalized spacial score (nSPS) is 20.7. The summed E-state index contributed by atoms with van der Waals surface area (Å²) >= 11 is 0. The molecule has 1 aromatic rings. The zero-order chi connectivity index (χ0) is 18.2. The number of nitrogens with one attached hydrogen (secondary N) is 1. The fourth-order valence-corrected chi connectivity index (χ4v) is 4.41. The van der Waals surface area contributed by atoms with E-state index in [0.29, 0.717) is 0 Å². The molecule has 0 atom stereocenters. The fourth-order valence-electron chi connectivity index (χ4n) is 4.41. The molecular weight excluding hydrogens is 326 g/mol. The third-order valence-electron chi connectivity index (χ3n) is 6.07. The smallest absolute Gasteiger partial charge is 0.317 e. The summed E-state index contributed by atoms with van der Waals surface area (Å²) in [7, 11) is 0. The number of carbonyl (C=O) groups excluding carboxylic acids is 1. The Labute approximate surface area is 157 Å². The van der Waals surface area contributed by atoms with Crippen LogP contribution in [0.3, 0.4) is 0 Å². The number of benzene rings is 1. The van der Waals surface area contributed by atoms with Crippen LogP contribution in [0.4, 0.5) is 4.79 Å². The van der Waals surface area contributed by atoms with Gasteiger partial charge in [-0.3, -0.25) is 4.90 Å². The summed E-state index contributed by atoms with van der Waals surface area (Å²) in [5, 5.41) is 12.2. The van der Waals surface area contributed by atoms with Crippen LogP contribution in [0.1, 0.15) is 44.1 Å². The van der Waals surface area contributed by atoms with Crippen molar-refractivity contribution in [1.82, 2.24) is 15.1 Å². The highest BCUT2D eigenvalue weighted by Crippen LogP contribution is 2.38. The molecule has 1 aliphatic carbocycles. The maximum absolute atomic E-state index is 12.7. The van der Waals surface area contributed by atoms with Crippen molar-refractivity contribution in [2.45, 2.75) is 43.9 Å². The molecule has 0 radical (unpaired) electrons. The summed E-state index contributed by atoms with van der Waals surface area (Å²) in [4.78, 5) is 17.0. The standard InChI is InChI=1S/C21H33N3O2/c25-17-7-12-23-13-15-24(16-14-23)20(26)22-18-21(10-5-2-6-11-21)19-8-3-1-4-9-19/h1,3-4,8-9,25H,2,5-7,10-18H2,(H,22,26). The SMILES string of the molecule is O=C(NCC1(c2ccccc2)CCCCC1)N1CCN(CCCO)CC1. The maximum Gasteiger partial charge on any atom is 0.317 e. The van der Waals surface area contributed by atoms with Gasteiger partial charge in [-0.1, -0.05) is 49.6 Å². The van der Waals surface area contributed by atoms with E-state index in [1.807, 2.05) is 4.90 Å². The highest BCUT2D eigenvalue weighted by molar-refractivity contribution is 5.74. The van der Waals surface area contributed by atoms with Crippen molar-refractivity contribution in [3.8, 4) is 0 Å². The number of hydrogen-bond donors (Lipinski definition) is 2. The van der Waals surface area contributed by atoms with Crippen LogP contribution >= 0.6 is 0 Å². The van der Waals surface area contributed by atoms with E-state index in [-0.39, 0.29) is 18.1 Å². The van der Waals surface area contributed by atoms with Crippen LogP contribution in [0.5, 0.6) is 0 Å². The molecule has 5 nitrogen and oxygen atoms in total. The molecule has 2 aliphatic rings. The molecule has 5 heteroatoms. The van der Waals surface area contributed by atoms with Crippen molar-refractivity contribution in [2.75, 3.05) is 45.9 Å².